The Labute approximate surface area is 120 Å². The Hall–Kier alpha value is -1.55. The van der Waals surface area contributed by atoms with Gasteiger partial charge < -0.3 is 9.84 Å². The summed E-state index contributed by atoms with van der Waals surface area (Å²) >= 11 is 0. The van der Waals surface area contributed by atoms with Crippen LogP contribution < -0.4 is 0 Å². The number of nitrogens with zero attached hydrogens (tertiary/aromatic N) is 1. The average Bonchev–Trinajstić information content (AvgIpc) is 2.70. The number of hydrogen-bond donors (Lipinski definition) is 1. The van der Waals surface area contributed by atoms with Gasteiger partial charge in [-0.05, 0) is 39.2 Å². The molecule has 0 saturated carbocycles. The lowest BCUT2D eigenvalue weighted by Crippen LogP contribution is -2.50. The van der Waals surface area contributed by atoms with Crippen LogP contribution in [0.1, 0.15) is 39.2 Å². The monoisotopic (exact) mass is 277 g/mol. The highest BCUT2D eigenvalue weighted by Gasteiger charge is 2.43. The summed E-state index contributed by atoms with van der Waals surface area (Å²) in [5.41, 5.74) is -0.665. The van der Waals surface area contributed by atoms with E-state index in [1.54, 1.807) is 0 Å². The summed E-state index contributed by atoms with van der Waals surface area (Å²) in [5.74, 6) is 0. The van der Waals surface area contributed by atoms with Gasteiger partial charge >= 0.3 is 6.09 Å². The molecule has 0 aromatic heterocycles. The fourth-order valence-electron chi connectivity index (χ4n) is 2.55. The van der Waals surface area contributed by atoms with Crippen LogP contribution in [0.2, 0.25) is 0 Å². The molecule has 4 nitrogen and oxygen atoms in total. The molecule has 0 radical (unpaired) electrons. The van der Waals surface area contributed by atoms with E-state index in [-0.39, 0.29) is 0 Å². The largest absolute Gasteiger partial charge is 0.444 e. The van der Waals surface area contributed by atoms with Gasteiger partial charge in [0.2, 0.25) is 0 Å². The van der Waals surface area contributed by atoms with Crippen molar-refractivity contribution >= 4 is 6.09 Å². The molecule has 1 aliphatic heterocycles. The fourth-order valence-corrected chi connectivity index (χ4v) is 2.55. The standard InChI is InChI=1S/C16H23NO3/c1-15(2,3)20-14(18)17-11-7-10-16(17,19)12-13-8-5-4-6-9-13/h4-6,8-9,19H,7,10-12H2,1-3H3. The maximum absolute atomic E-state index is 12.2. The molecular formula is C16H23NO3. The quantitative estimate of drug-likeness (QED) is 0.904. The Morgan fingerprint density at radius 1 is 1.35 bits per heavy atom. The minimum absolute atomic E-state index is 0.437. The van der Waals surface area contributed by atoms with Crippen LogP contribution in [0.5, 0.6) is 0 Å². The lowest BCUT2D eigenvalue weighted by atomic mass is 10.0. The van der Waals surface area contributed by atoms with Crippen LogP contribution in [0.4, 0.5) is 4.79 Å². The van der Waals surface area contributed by atoms with Crippen LogP contribution in [-0.4, -0.2) is 34.0 Å². The van der Waals surface area contributed by atoms with E-state index in [1.165, 1.54) is 4.90 Å². The lowest BCUT2D eigenvalue weighted by molar-refractivity contribution is -0.0830. The van der Waals surface area contributed by atoms with Gasteiger partial charge in [0.15, 0.2) is 0 Å². The van der Waals surface area contributed by atoms with E-state index < -0.39 is 17.4 Å². The molecule has 1 aliphatic rings. The number of carbonyl (C=O) groups is 1. The van der Waals surface area contributed by atoms with Gasteiger partial charge in [0.25, 0.3) is 0 Å². The SMILES string of the molecule is CC(C)(C)OC(=O)N1CCCC1(O)Cc1ccccc1. The molecule has 1 aromatic rings. The summed E-state index contributed by atoms with van der Waals surface area (Å²) in [6.45, 7) is 6.03. The molecule has 2 rings (SSSR count). The van der Waals surface area contributed by atoms with E-state index in [1.807, 2.05) is 51.1 Å². The van der Waals surface area contributed by atoms with Crippen LogP contribution in [0, 0.1) is 0 Å². The van der Waals surface area contributed by atoms with Crippen molar-refractivity contribution < 1.29 is 14.6 Å². The minimum atomic E-state index is -1.14. The van der Waals surface area contributed by atoms with E-state index in [2.05, 4.69) is 0 Å². The van der Waals surface area contributed by atoms with Crippen molar-refractivity contribution in [2.24, 2.45) is 0 Å². The van der Waals surface area contributed by atoms with Crippen molar-refractivity contribution in [1.29, 1.82) is 0 Å². The lowest BCUT2D eigenvalue weighted by Gasteiger charge is -2.35. The van der Waals surface area contributed by atoms with Gasteiger partial charge in [-0.25, -0.2) is 4.79 Å². The molecule has 110 valence electrons. The fraction of sp³-hybridized carbons (Fsp3) is 0.562. The Morgan fingerprint density at radius 3 is 2.60 bits per heavy atom. The first-order chi connectivity index (χ1) is 9.30. The van der Waals surface area contributed by atoms with Crippen LogP contribution in [0.3, 0.4) is 0 Å². The second-order valence-corrected chi connectivity index (χ2v) is 6.38. The Bertz CT molecular complexity index is 466. The smallest absolute Gasteiger partial charge is 0.412 e. The number of rotatable bonds is 2. The molecule has 1 fully saturated rings. The van der Waals surface area contributed by atoms with E-state index in [4.69, 9.17) is 4.74 Å². The van der Waals surface area contributed by atoms with Gasteiger partial charge in [-0.2, -0.15) is 0 Å². The maximum Gasteiger partial charge on any atom is 0.412 e. The maximum atomic E-state index is 12.2. The second-order valence-electron chi connectivity index (χ2n) is 6.38. The van der Waals surface area contributed by atoms with Crippen molar-refractivity contribution in [2.75, 3.05) is 6.54 Å². The highest BCUT2D eigenvalue weighted by atomic mass is 16.6. The summed E-state index contributed by atoms with van der Waals surface area (Å²) in [5, 5.41) is 10.8. The van der Waals surface area contributed by atoms with Gasteiger partial charge in [0.05, 0.1) is 0 Å². The molecule has 1 saturated heterocycles. The topological polar surface area (TPSA) is 49.8 Å². The molecule has 1 atom stereocenters. The summed E-state index contributed by atoms with van der Waals surface area (Å²) in [4.78, 5) is 13.7. The molecule has 1 amide bonds. The molecule has 0 spiro atoms. The first-order valence-electron chi connectivity index (χ1n) is 7.07. The zero-order chi connectivity index (χ0) is 14.8. The third-order valence-corrected chi connectivity index (χ3v) is 3.41. The first kappa shape index (κ1) is 14.9. The summed E-state index contributed by atoms with van der Waals surface area (Å²) in [6, 6.07) is 9.73. The van der Waals surface area contributed by atoms with Crippen LogP contribution in [0.25, 0.3) is 0 Å². The molecule has 1 aromatic carbocycles. The first-order valence-corrected chi connectivity index (χ1v) is 7.07. The third kappa shape index (κ3) is 3.51. The summed E-state index contributed by atoms with van der Waals surface area (Å²) < 4.78 is 5.38. The Kier molecular flexibility index (Phi) is 4.04. The van der Waals surface area contributed by atoms with E-state index in [9.17, 15) is 9.90 Å². The van der Waals surface area contributed by atoms with Crippen molar-refractivity contribution in [3.8, 4) is 0 Å². The average molecular weight is 277 g/mol. The number of hydrogen-bond acceptors (Lipinski definition) is 3. The van der Waals surface area contributed by atoms with Crippen LogP contribution in [0.15, 0.2) is 30.3 Å². The molecular weight excluding hydrogens is 254 g/mol. The predicted octanol–water partition coefficient (Wildman–Crippen LogP) is 2.95. The molecule has 1 heterocycles. The number of carbonyl (C=O) groups excluding carboxylic acids is 1. The van der Waals surface area contributed by atoms with E-state index in [0.29, 0.717) is 19.4 Å². The molecule has 4 heteroatoms. The van der Waals surface area contributed by atoms with Crippen LogP contribution >= 0.6 is 0 Å². The summed E-state index contributed by atoms with van der Waals surface area (Å²) in [7, 11) is 0. The van der Waals surface area contributed by atoms with Gasteiger partial charge in [0.1, 0.15) is 11.3 Å². The number of aliphatic hydroxyl groups is 1. The Balaban J connectivity index is 2.11. The molecule has 20 heavy (non-hydrogen) atoms. The van der Waals surface area contributed by atoms with E-state index in [0.717, 1.165) is 12.0 Å². The van der Waals surface area contributed by atoms with Crippen molar-refractivity contribution in [3.63, 3.8) is 0 Å². The normalized spacial score (nSPS) is 22.9. The van der Waals surface area contributed by atoms with Crippen LogP contribution in [-0.2, 0) is 11.2 Å². The predicted molar refractivity (Wildman–Crippen MR) is 77.3 cm³/mol. The molecule has 1 unspecified atom stereocenters. The zero-order valence-electron chi connectivity index (χ0n) is 12.4. The zero-order valence-corrected chi connectivity index (χ0v) is 12.4. The number of likely N-dealkylation sites (tertiary alicyclic amines) is 1. The molecule has 0 aliphatic carbocycles. The van der Waals surface area contributed by atoms with Gasteiger partial charge in [-0.15, -0.1) is 0 Å². The van der Waals surface area contributed by atoms with Gasteiger partial charge in [-0.1, -0.05) is 30.3 Å². The van der Waals surface area contributed by atoms with Gasteiger partial charge in [-0.3, -0.25) is 4.90 Å². The number of amides is 1. The van der Waals surface area contributed by atoms with Crippen molar-refractivity contribution in [3.05, 3.63) is 35.9 Å². The van der Waals surface area contributed by atoms with Crippen molar-refractivity contribution in [1.82, 2.24) is 4.90 Å². The highest BCUT2D eigenvalue weighted by molar-refractivity contribution is 5.69. The summed E-state index contributed by atoms with van der Waals surface area (Å²) in [6.07, 6.45) is 1.38. The molecule has 1 N–H and O–H groups in total. The number of benzene rings is 1. The second kappa shape index (κ2) is 5.44. The Morgan fingerprint density at radius 2 is 2.00 bits per heavy atom. The third-order valence-electron chi connectivity index (χ3n) is 3.41. The van der Waals surface area contributed by atoms with Gasteiger partial charge in [0, 0.05) is 13.0 Å². The highest BCUT2D eigenvalue weighted by Crippen LogP contribution is 2.31. The molecule has 0 bridgehead atoms. The van der Waals surface area contributed by atoms with Crippen molar-refractivity contribution in [2.45, 2.75) is 51.4 Å². The number of ether oxygens (including phenoxy) is 1. The van der Waals surface area contributed by atoms with E-state index >= 15 is 0 Å². The minimum Gasteiger partial charge on any atom is -0.444 e.